The van der Waals surface area contributed by atoms with Crippen molar-refractivity contribution >= 4 is 30.4 Å². The molecule has 1 aromatic rings. The highest BCUT2D eigenvalue weighted by molar-refractivity contribution is 6.61. The van der Waals surface area contributed by atoms with Crippen LogP contribution in [0.4, 0.5) is 0 Å². The fourth-order valence-corrected chi connectivity index (χ4v) is 1.94. The zero-order valence-corrected chi connectivity index (χ0v) is 11.9. The summed E-state index contributed by atoms with van der Waals surface area (Å²) in [6.07, 6.45) is 1.67. The molecule has 0 radical (unpaired) electrons. The molecule has 1 fully saturated rings. The van der Waals surface area contributed by atoms with Crippen LogP contribution in [0.5, 0.6) is 0 Å². The van der Waals surface area contributed by atoms with Gasteiger partial charge in [-0.25, -0.2) is 4.98 Å². The van der Waals surface area contributed by atoms with E-state index in [1.807, 2.05) is 39.8 Å². The van der Waals surface area contributed by atoms with Crippen molar-refractivity contribution in [3.05, 3.63) is 29.4 Å². The zero-order chi connectivity index (χ0) is 13.6. The lowest BCUT2D eigenvalue weighted by Crippen LogP contribution is -2.41. The monoisotopic (exact) mass is 265 g/mol. The van der Waals surface area contributed by atoms with Gasteiger partial charge in [0.25, 0.3) is 0 Å². The minimum Gasteiger partial charge on any atom is -0.398 e. The van der Waals surface area contributed by atoms with Crippen molar-refractivity contribution < 1.29 is 9.31 Å². The molecule has 96 valence electrons. The lowest BCUT2D eigenvalue weighted by atomic mass is 9.84. The molecular formula is C13H17BClNO2. The first-order valence-electron chi connectivity index (χ1n) is 5.91. The Morgan fingerprint density at radius 3 is 2.22 bits per heavy atom. The molecule has 18 heavy (non-hydrogen) atoms. The second-order valence-electron chi connectivity index (χ2n) is 5.41. The quantitative estimate of drug-likeness (QED) is 0.608. The molecule has 0 saturated carbocycles. The summed E-state index contributed by atoms with van der Waals surface area (Å²) in [5, 5.41) is 0.414. The third kappa shape index (κ3) is 2.20. The average Bonchev–Trinajstić information content (AvgIpc) is 2.48. The van der Waals surface area contributed by atoms with Crippen molar-refractivity contribution in [1.29, 1.82) is 0 Å². The van der Waals surface area contributed by atoms with Crippen LogP contribution in [0.15, 0.2) is 18.7 Å². The highest BCUT2D eigenvalue weighted by Crippen LogP contribution is 2.36. The zero-order valence-electron chi connectivity index (χ0n) is 11.2. The molecule has 1 aliphatic rings. The minimum atomic E-state index is -0.480. The molecule has 0 bridgehead atoms. The van der Waals surface area contributed by atoms with Crippen molar-refractivity contribution in [3.63, 3.8) is 0 Å². The summed E-state index contributed by atoms with van der Waals surface area (Å²) in [6.45, 7) is 11.7. The van der Waals surface area contributed by atoms with E-state index >= 15 is 0 Å². The van der Waals surface area contributed by atoms with Gasteiger partial charge in [-0.2, -0.15) is 0 Å². The number of halogens is 1. The maximum Gasteiger partial charge on any atom is 0.514 e. The maximum absolute atomic E-state index is 6.06. The standard InChI is InChI=1S/C13H17BClNO2/c1-6-9-7-8-10(16-11(9)15)14-17-12(2,3)13(4,5)18-14/h6-8H,1H2,2-5H3. The third-order valence-corrected chi connectivity index (χ3v) is 3.92. The van der Waals surface area contributed by atoms with Crippen molar-refractivity contribution in [2.75, 3.05) is 0 Å². The van der Waals surface area contributed by atoms with Gasteiger partial charge in [0.05, 0.1) is 16.8 Å². The van der Waals surface area contributed by atoms with Crippen molar-refractivity contribution in [2.24, 2.45) is 0 Å². The maximum atomic E-state index is 6.06. The number of nitrogens with zero attached hydrogens (tertiary/aromatic N) is 1. The molecule has 5 heteroatoms. The van der Waals surface area contributed by atoms with Crippen LogP contribution in [0, 0.1) is 0 Å². The third-order valence-electron chi connectivity index (χ3n) is 3.61. The lowest BCUT2D eigenvalue weighted by molar-refractivity contribution is 0.00578. The van der Waals surface area contributed by atoms with Gasteiger partial charge in [0.2, 0.25) is 0 Å². The Bertz CT molecular complexity index is 472. The van der Waals surface area contributed by atoms with Crippen LogP contribution >= 0.6 is 11.6 Å². The average molecular weight is 266 g/mol. The summed E-state index contributed by atoms with van der Waals surface area (Å²) in [4.78, 5) is 4.30. The van der Waals surface area contributed by atoms with Gasteiger partial charge in [-0.15, -0.1) is 0 Å². The van der Waals surface area contributed by atoms with Crippen LogP contribution in [0.1, 0.15) is 33.3 Å². The summed E-state index contributed by atoms with van der Waals surface area (Å²) in [7, 11) is -0.480. The van der Waals surface area contributed by atoms with Gasteiger partial charge in [0.15, 0.2) is 0 Å². The summed E-state index contributed by atoms with van der Waals surface area (Å²) in [6, 6.07) is 3.72. The van der Waals surface area contributed by atoms with E-state index in [-0.39, 0.29) is 11.2 Å². The minimum absolute atomic E-state index is 0.372. The molecule has 0 unspecified atom stereocenters. The van der Waals surface area contributed by atoms with E-state index < -0.39 is 7.12 Å². The number of hydrogen-bond acceptors (Lipinski definition) is 3. The van der Waals surface area contributed by atoms with E-state index in [4.69, 9.17) is 20.9 Å². The summed E-state index contributed by atoms with van der Waals surface area (Å²) in [5.41, 5.74) is 0.743. The van der Waals surface area contributed by atoms with Crippen LogP contribution < -0.4 is 5.59 Å². The van der Waals surface area contributed by atoms with E-state index in [9.17, 15) is 0 Å². The van der Waals surface area contributed by atoms with Crippen molar-refractivity contribution in [2.45, 2.75) is 38.9 Å². The molecule has 0 aromatic carbocycles. The molecule has 1 aliphatic heterocycles. The van der Waals surface area contributed by atoms with E-state index in [1.165, 1.54) is 0 Å². The van der Waals surface area contributed by atoms with Crippen molar-refractivity contribution in [3.8, 4) is 0 Å². The van der Waals surface area contributed by atoms with Gasteiger partial charge in [-0.3, -0.25) is 0 Å². The first-order valence-corrected chi connectivity index (χ1v) is 6.29. The van der Waals surface area contributed by atoms with Crippen LogP contribution in [0.3, 0.4) is 0 Å². The predicted molar refractivity (Wildman–Crippen MR) is 75.1 cm³/mol. The van der Waals surface area contributed by atoms with Crippen LogP contribution in [0.2, 0.25) is 5.15 Å². The van der Waals surface area contributed by atoms with Gasteiger partial charge in [0, 0.05) is 5.56 Å². The Balaban J connectivity index is 2.30. The molecule has 3 nitrogen and oxygen atoms in total. The molecule has 0 atom stereocenters. The predicted octanol–water partition coefficient (Wildman–Crippen LogP) is 2.68. The molecule has 2 heterocycles. The number of rotatable bonds is 2. The van der Waals surface area contributed by atoms with E-state index in [0.717, 1.165) is 5.56 Å². The van der Waals surface area contributed by atoms with Gasteiger partial charge < -0.3 is 9.31 Å². The van der Waals surface area contributed by atoms with E-state index in [2.05, 4.69) is 11.6 Å². The van der Waals surface area contributed by atoms with E-state index in [0.29, 0.717) is 10.7 Å². The number of aromatic nitrogens is 1. The summed E-state index contributed by atoms with van der Waals surface area (Å²) in [5.74, 6) is 0. The fourth-order valence-electron chi connectivity index (χ4n) is 1.71. The van der Waals surface area contributed by atoms with E-state index in [1.54, 1.807) is 6.08 Å². The van der Waals surface area contributed by atoms with Crippen molar-refractivity contribution in [1.82, 2.24) is 4.98 Å². The second-order valence-corrected chi connectivity index (χ2v) is 5.77. The molecule has 0 amide bonds. The Morgan fingerprint density at radius 2 is 1.78 bits per heavy atom. The molecule has 0 spiro atoms. The normalized spacial score (nSPS) is 21.1. The highest BCUT2D eigenvalue weighted by Gasteiger charge is 2.52. The molecule has 1 aromatic heterocycles. The van der Waals surface area contributed by atoms with Gasteiger partial charge >= 0.3 is 7.12 Å². The SMILES string of the molecule is C=Cc1ccc(B2OC(C)(C)C(C)(C)O2)nc1Cl. The Labute approximate surface area is 113 Å². The molecule has 2 rings (SSSR count). The van der Waals surface area contributed by atoms with Crippen LogP contribution in [-0.2, 0) is 9.31 Å². The number of hydrogen-bond donors (Lipinski definition) is 0. The largest absolute Gasteiger partial charge is 0.514 e. The van der Waals surface area contributed by atoms with Gasteiger partial charge in [-0.1, -0.05) is 30.3 Å². The Hall–Kier alpha value is -0.835. The lowest BCUT2D eigenvalue weighted by Gasteiger charge is -2.32. The first-order chi connectivity index (χ1) is 8.27. The van der Waals surface area contributed by atoms with Crippen LogP contribution in [0.25, 0.3) is 6.08 Å². The second kappa shape index (κ2) is 4.37. The molecule has 0 aliphatic carbocycles. The van der Waals surface area contributed by atoms with Gasteiger partial charge in [0.1, 0.15) is 5.15 Å². The Morgan fingerprint density at radius 1 is 1.22 bits per heavy atom. The molecule has 1 saturated heterocycles. The first kappa shape index (κ1) is 13.6. The Kier molecular flexibility index (Phi) is 3.30. The summed E-state index contributed by atoms with van der Waals surface area (Å²) < 4.78 is 11.8. The van der Waals surface area contributed by atoms with Gasteiger partial charge in [-0.05, 0) is 33.8 Å². The van der Waals surface area contributed by atoms with Crippen LogP contribution in [-0.4, -0.2) is 23.3 Å². The number of pyridine rings is 1. The molecule has 0 N–H and O–H groups in total. The topological polar surface area (TPSA) is 31.4 Å². The smallest absolute Gasteiger partial charge is 0.398 e. The fraction of sp³-hybridized carbons (Fsp3) is 0.462. The summed E-state index contributed by atoms with van der Waals surface area (Å²) >= 11 is 6.06. The molecular weight excluding hydrogens is 248 g/mol. The highest BCUT2D eigenvalue weighted by atomic mass is 35.5.